The monoisotopic (exact) mass is 168 g/mol. The van der Waals surface area contributed by atoms with Gasteiger partial charge < -0.3 is 10.2 Å². The summed E-state index contributed by atoms with van der Waals surface area (Å²) in [7, 11) is 0. The quantitative estimate of drug-likeness (QED) is 0.660. The Labute approximate surface area is 75.3 Å². The van der Waals surface area contributed by atoms with Gasteiger partial charge in [0.2, 0.25) is 0 Å². The maximum absolute atomic E-state index is 3.36. The van der Waals surface area contributed by atoms with Crippen molar-refractivity contribution in [3.63, 3.8) is 0 Å². The Balaban J connectivity index is 1.79. The minimum Gasteiger partial charge on any atom is -0.315 e. The molecule has 1 unspecified atom stereocenters. The van der Waals surface area contributed by atoms with Gasteiger partial charge in [-0.2, -0.15) is 0 Å². The topological polar surface area (TPSA) is 15.3 Å². The lowest BCUT2D eigenvalue weighted by atomic mass is 9.84. The summed E-state index contributed by atoms with van der Waals surface area (Å²) in [5.41, 5.74) is 0.587. The number of rotatable bonds is 2. The van der Waals surface area contributed by atoms with Crippen molar-refractivity contribution >= 4 is 0 Å². The molecule has 70 valence electrons. The third-order valence-electron chi connectivity index (χ3n) is 3.22. The zero-order chi connectivity index (χ0) is 8.60. The molecule has 2 nitrogen and oxygen atoms in total. The SMILES string of the molecule is CC1CCN(CC2(C)CNC2)C1. The van der Waals surface area contributed by atoms with E-state index in [0.717, 1.165) is 5.92 Å². The van der Waals surface area contributed by atoms with E-state index in [9.17, 15) is 0 Å². The van der Waals surface area contributed by atoms with Crippen molar-refractivity contribution < 1.29 is 0 Å². The Morgan fingerprint density at radius 1 is 1.50 bits per heavy atom. The minimum atomic E-state index is 0.587. The van der Waals surface area contributed by atoms with Crippen molar-refractivity contribution in [2.75, 3.05) is 32.7 Å². The standard InChI is InChI=1S/C10H20N2/c1-9-3-4-12(5-9)8-10(2)6-11-7-10/h9,11H,3-8H2,1-2H3. The molecule has 1 N–H and O–H groups in total. The van der Waals surface area contributed by atoms with Crippen LogP contribution >= 0.6 is 0 Å². The van der Waals surface area contributed by atoms with Crippen molar-refractivity contribution in [2.45, 2.75) is 20.3 Å². The van der Waals surface area contributed by atoms with Crippen molar-refractivity contribution in [1.29, 1.82) is 0 Å². The molecule has 0 amide bonds. The van der Waals surface area contributed by atoms with E-state index in [4.69, 9.17) is 0 Å². The normalized spacial score (nSPS) is 35.0. The second kappa shape index (κ2) is 3.00. The highest BCUT2D eigenvalue weighted by atomic mass is 15.2. The molecule has 1 atom stereocenters. The van der Waals surface area contributed by atoms with Crippen LogP contribution in [-0.2, 0) is 0 Å². The maximum atomic E-state index is 3.36. The van der Waals surface area contributed by atoms with Gasteiger partial charge in [-0.25, -0.2) is 0 Å². The van der Waals surface area contributed by atoms with Crippen molar-refractivity contribution in [3.05, 3.63) is 0 Å². The van der Waals surface area contributed by atoms with E-state index in [1.54, 1.807) is 0 Å². The Morgan fingerprint density at radius 3 is 2.67 bits per heavy atom. The third kappa shape index (κ3) is 1.64. The highest BCUT2D eigenvalue weighted by Gasteiger charge is 2.34. The molecule has 2 saturated heterocycles. The average Bonchev–Trinajstić information content (AvgIpc) is 2.32. The average molecular weight is 168 g/mol. The number of hydrogen-bond donors (Lipinski definition) is 1. The van der Waals surface area contributed by atoms with Gasteiger partial charge in [0.15, 0.2) is 0 Å². The van der Waals surface area contributed by atoms with Crippen LogP contribution in [0.25, 0.3) is 0 Å². The minimum absolute atomic E-state index is 0.587. The fourth-order valence-electron chi connectivity index (χ4n) is 2.37. The molecular formula is C10H20N2. The molecule has 2 aliphatic heterocycles. The van der Waals surface area contributed by atoms with Gasteiger partial charge in [-0.3, -0.25) is 0 Å². The summed E-state index contributed by atoms with van der Waals surface area (Å²) in [6.45, 7) is 11.2. The second-order valence-electron chi connectivity index (χ2n) is 5.04. The summed E-state index contributed by atoms with van der Waals surface area (Å²) in [4.78, 5) is 2.63. The van der Waals surface area contributed by atoms with E-state index >= 15 is 0 Å². The van der Waals surface area contributed by atoms with Crippen LogP contribution in [0.15, 0.2) is 0 Å². The second-order valence-corrected chi connectivity index (χ2v) is 5.04. The highest BCUT2D eigenvalue weighted by molar-refractivity contribution is 4.92. The first-order valence-corrected chi connectivity index (χ1v) is 5.11. The van der Waals surface area contributed by atoms with Gasteiger partial charge in [-0.05, 0) is 18.9 Å². The van der Waals surface area contributed by atoms with Crippen LogP contribution in [0, 0.1) is 11.3 Å². The molecule has 2 rings (SSSR count). The Hall–Kier alpha value is -0.0800. The predicted molar refractivity (Wildman–Crippen MR) is 51.2 cm³/mol. The summed E-state index contributed by atoms with van der Waals surface area (Å²) < 4.78 is 0. The largest absolute Gasteiger partial charge is 0.315 e. The maximum Gasteiger partial charge on any atom is 0.00598 e. The molecule has 2 fully saturated rings. The predicted octanol–water partition coefficient (Wildman–Crippen LogP) is 0.938. The lowest BCUT2D eigenvalue weighted by Crippen LogP contribution is -2.56. The molecule has 2 heteroatoms. The molecule has 0 aromatic carbocycles. The van der Waals surface area contributed by atoms with Gasteiger partial charge in [0.05, 0.1) is 0 Å². The molecule has 0 aliphatic carbocycles. The molecule has 0 radical (unpaired) electrons. The third-order valence-corrected chi connectivity index (χ3v) is 3.22. The molecule has 0 spiro atoms. The van der Waals surface area contributed by atoms with Crippen LogP contribution in [0.5, 0.6) is 0 Å². The summed E-state index contributed by atoms with van der Waals surface area (Å²) in [5, 5.41) is 3.36. The molecule has 2 aliphatic rings. The van der Waals surface area contributed by atoms with Crippen LogP contribution in [0.2, 0.25) is 0 Å². The zero-order valence-electron chi connectivity index (χ0n) is 8.27. The lowest BCUT2D eigenvalue weighted by molar-refractivity contribution is 0.122. The zero-order valence-corrected chi connectivity index (χ0v) is 8.27. The summed E-state index contributed by atoms with van der Waals surface area (Å²) in [6.07, 6.45) is 1.41. The molecule has 0 aromatic rings. The van der Waals surface area contributed by atoms with Crippen molar-refractivity contribution in [2.24, 2.45) is 11.3 Å². The Morgan fingerprint density at radius 2 is 2.25 bits per heavy atom. The number of nitrogens with zero attached hydrogens (tertiary/aromatic N) is 1. The van der Waals surface area contributed by atoms with Crippen LogP contribution < -0.4 is 5.32 Å². The van der Waals surface area contributed by atoms with Gasteiger partial charge in [0.25, 0.3) is 0 Å². The molecular weight excluding hydrogens is 148 g/mol. The summed E-state index contributed by atoms with van der Waals surface area (Å²) in [6, 6.07) is 0. The van der Waals surface area contributed by atoms with E-state index in [1.165, 1.54) is 39.1 Å². The first-order valence-electron chi connectivity index (χ1n) is 5.11. The van der Waals surface area contributed by atoms with Crippen LogP contribution in [-0.4, -0.2) is 37.6 Å². The fourth-order valence-corrected chi connectivity index (χ4v) is 2.37. The van der Waals surface area contributed by atoms with Gasteiger partial charge in [0, 0.05) is 31.6 Å². The van der Waals surface area contributed by atoms with E-state index < -0.39 is 0 Å². The Kier molecular flexibility index (Phi) is 2.13. The van der Waals surface area contributed by atoms with Crippen molar-refractivity contribution in [3.8, 4) is 0 Å². The summed E-state index contributed by atoms with van der Waals surface area (Å²) in [5.74, 6) is 0.932. The number of likely N-dealkylation sites (tertiary alicyclic amines) is 1. The van der Waals surface area contributed by atoms with E-state index in [1.807, 2.05) is 0 Å². The summed E-state index contributed by atoms with van der Waals surface area (Å²) >= 11 is 0. The number of hydrogen-bond acceptors (Lipinski definition) is 2. The van der Waals surface area contributed by atoms with Gasteiger partial charge >= 0.3 is 0 Å². The van der Waals surface area contributed by atoms with E-state index in [0.29, 0.717) is 5.41 Å². The fraction of sp³-hybridized carbons (Fsp3) is 1.00. The first kappa shape index (κ1) is 8.52. The van der Waals surface area contributed by atoms with Crippen LogP contribution in [0.4, 0.5) is 0 Å². The first-order chi connectivity index (χ1) is 5.68. The number of nitrogens with one attached hydrogen (secondary N) is 1. The van der Waals surface area contributed by atoms with E-state index in [-0.39, 0.29) is 0 Å². The molecule has 12 heavy (non-hydrogen) atoms. The smallest absolute Gasteiger partial charge is 0.00598 e. The van der Waals surface area contributed by atoms with E-state index in [2.05, 4.69) is 24.1 Å². The highest BCUT2D eigenvalue weighted by Crippen LogP contribution is 2.26. The van der Waals surface area contributed by atoms with Crippen LogP contribution in [0.1, 0.15) is 20.3 Å². The molecule has 0 bridgehead atoms. The molecule has 0 aromatic heterocycles. The van der Waals surface area contributed by atoms with Gasteiger partial charge in [-0.1, -0.05) is 13.8 Å². The lowest BCUT2D eigenvalue weighted by Gasteiger charge is -2.42. The molecule has 0 saturated carbocycles. The van der Waals surface area contributed by atoms with Gasteiger partial charge in [-0.15, -0.1) is 0 Å². The Bertz CT molecular complexity index is 163. The van der Waals surface area contributed by atoms with Gasteiger partial charge in [0.1, 0.15) is 0 Å². The van der Waals surface area contributed by atoms with Crippen molar-refractivity contribution in [1.82, 2.24) is 10.2 Å². The molecule has 2 heterocycles. The van der Waals surface area contributed by atoms with Crippen LogP contribution in [0.3, 0.4) is 0 Å².